The van der Waals surface area contributed by atoms with Gasteiger partial charge in [-0.05, 0) is 93.8 Å². The Kier molecular flexibility index (Phi) is 7.25. The third-order valence-corrected chi connectivity index (χ3v) is 8.60. The third kappa shape index (κ3) is 4.94. The van der Waals surface area contributed by atoms with Crippen molar-refractivity contribution in [1.82, 2.24) is 4.57 Å². The number of carbonyl (C=O) groups is 2. The maximum atomic E-state index is 13.5. The van der Waals surface area contributed by atoms with Crippen LogP contribution in [0.5, 0.6) is 5.75 Å². The van der Waals surface area contributed by atoms with Crippen molar-refractivity contribution in [3.05, 3.63) is 53.1 Å². The van der Waals surface area contributed by atoms with E-state index in [1.165, 1.54) is 31.9 Å². The zero-order chi connectivity index (χ0) is 27.9. The van der Waals surface area contributed by atoms with E-state index in [2.05, 4.69) is 29.7 Å². The van der Waals surface area contributed by atoms with Crippen LogP contribution in [0.15, 0.2) is 36.4 Å². The first-order valence-corrected chi connectivity index (χ1v) is 14.3. The molecule has 5 rings (SSSR count). The summed E-state index contributed by atoms with van der Waals surface area (Å²) in [4.78, 5) is 26.6. The number of ether oxygens (including phenoxy) is 3. The number of methoxy groups -OCH3 is 2. The van der Waals surface area contributed by atoms with Gasteiger partial charge in [-0.3, -0.25) is 4.79 Å². The van der Waals surface area contributed by atoms with Gasteiger partial charge in [0.15, 0.2) is 0 Å². The number of rotatable bonds is 5. The van der Waals surface area contributed by atoms with E-state index in [4.69, 9.17) is 14.2 Å². The maximum absolute atomic E-state index is 13.5. The van der Waals surface area contributed by atoms with Crippen molar-refractivity contribution in [2.24, 2.45) is 5.41 Å². The van der Waals surface area contributed by atoms with Gasteiger partial charge in [0, 0.05) is 23.0 Å². The van der Waals surface area contributed by atoms with Crippen LogP contribution in [0.25, 0.3) is 22.2 Å². The molecule has 2 aromatic carbocycles. The number of esters is 2. The van der Waals surface area contributed by atoms with Crippen LogP contribution in [0.1, 0.15) is 93.6 Å². The molecule has 2 aliphatic rings. The molecule has 208 valence electrons. The molecule has 1 atom stereocenters. The summed E-state index contributed by atoms with van der Waals surface area (Å²) < 4.78 is 19.1. The Balaban J connectivity index is 1.83. The van der Waals surface area contributed by atoms with Crippen molar-refractivity contribution in [3.8, 4) is 17.0 Å². The number of hydrogen-bond donors (Lipinski definition) is 0. The Bertz CT molecular complexity index is 1410. The van der Waals surface area contributed by atoms with Gasteiger partial charge < -0.3 is 18.8 Å². The summed E-state index contributed by atoms with van der Waals surface area (Å²) in [6.45, 7) is 8.17. The molecular formula is C33H41NO5. The van der Waals surface area contributed by atoms with E-state index >= 15 is 0 Å². The summed E-state index contributed by atoms with van der Waals surface area (Å²) in [7, 11) is 3.15. The summed E-state index contributed by atoms with van der Waals surface area (Å²) in [6.07, 6.45) is 7.15. The monoisotopic (exact) mass is 531 g/mol. The van der Waals surface area contributed by atoms with E-state index in [1.807, 2.05) is 39.0 Å². The lowest BCUT2D eigenvalue weighted by Crippen LogP contribution is -2.37. The number of aromatic nitrogens is 1. The second kappa shape index (κ2) is 10.4. The van der Waals surface area contributed by atoms with Crippen LogP contribution in [-0.2, 0) is 27.2 Å². The molecule has 6 heteroatoms. The first-order chi connectivity index (χ1) is 18.6. The molecule has 6 nitrogen and oxygen atoms in total. The molecule has 1 fully saturated rings. The fourth-order valence-corrected chi connectivity index (χ4v) is 6.63. The van der Waals surface area contributed by atoms with Crippen molar-refractivity contribution in [3.63, 3.8) is 0 Å². The second-order valence-corrected chi connectivity index (χ2v) is 12.2. The minimum atomic E-state index is -0.751. The Morgan fingerprint density at radius 1 is 1.03 bits per heavy atom. The predicted molar refractivity (Wildman–Crippen MR) is 153 cm³/mol. The molecule has 0 spiro atoms. The van der Waals surface area contributed by atoms with Crippen LogP contribution < -0.4 is 4.74 Å². The lowest BCUT2D eigenvalue weighted by atomic mass is 9.78. The van der Waals surface area contributed by atoms with Crippen LogP contribution in [-0.4, -0.2) is 36.3 Å². The molecule has 3 aromatic rings. The largest absolute Gasteiger partial charge is 0.497 e. The maximum Gasteiger partial charge on any atom is 0.338 e. The van der Waals surface area contributed by atoms with Crippen LogP contribution in [0.3, 0.4) is 0 Å². The van der Waals surface area contributed by atoms with Crippen LogP contribution >= 0.6 is 0 Å². The number of hydrogen-bond acceptors (Lipinski definition) is 5. The zero-order valence-corrected chi connectivity index (χ0v) is 24.2. The van der Waals surface area contributed by atoms with Crippen molar-refractivity contribution >= 4 is 22.8 Å². The summed E-state index contributed by atoms with van der Waals surface area (Å²) >= 11 is 0. The molecule has 0 bridgehead atoms. The van der Waals surface area contributed by atoms with E-state index < -0.39 is 11.0 Å². The molecule has 1 aliphatic carbocycles. The smallest absolute Gasteiger partial charge is 0.338 e. The summed E-state index contributed by atoms with van der Waals surface area (Å²) in [5, 5.41) is 1.16. The fourth-order valence-electron chi connectivity index (χ4n) is 6.63. The summed E-state index contributed by atoms with van der Waals surface area (Å²) in [6, 6.07) is 12.2. The lowest BCUT2D eigenvalue weighted by molar-refractivity contribution is -0.154. The average Bonchev–Trinajstić information content (AvgIpc) is 3.15. The van der Waals surface area contributed by atoms with E-state index in [0.29, 0.717) is 30.9 Å². The van der Waals surface area contributed by atoms with Gasteiger partial charge >= 0.3 is 11.9 Å². The number of fused-ring (bicyclic) bond motifs is 5. The zero-order valence-electron chi connectivity index (χ0n) is 24.2. The second-order valence-electron chi connectivity index (χ2n) is 12.2. The van der Waals surface area contributed by atoms with Crippen molar-refractivity contribution in [1.29, 1.82) is 0 Å². The molecule has 39 heavy (non-hydrogen) atoms. The van der Waals surface area contributed by atoms with E-state index in [9.17, 15) is 9.59 Å². The van der Waals surface area contributed by atoms with E-state index in [-0.39, 0.29) is 11.9 Å². The van der Waals surface area contributed by atoms with Gasteiger partial charge in [-0.2, -0.15) is 0 Å². The predicted octanol–water partition coefficient (Wildman–Crippen LogP) is 7.45. The highest BCUT2D eigenvalue weighted by Crippen LogP contribution is 2.49. The highest BCUT2D eigenvalue weighted by atomic mass is 16.6. The molecule has 2 heterocycles. The quantitative estimate of drug-likeness (QED) is 0.320. The van der Waals surface area contributed by atoms with Crippen LogP contribution in [0.4, 0.5) is 0 Å². The molecular weight excluding hydrogens is 490 g/mol. The molecule has 0 N–H and O–H groups in total. The first kappa shape index (κ1) is 27.3. The van der Waals surface area contributed by atoms with Gasteiger partial charge in [-0.25, -0.2) is 4.79 Å². The highest BCUT2D eigenvalue weighted by Gasteiger charge is 2.43. The Morgan fingerprint density at radius 2 is 1.77 bits per heavy atom. The number of benzene rings is 2. The topological polar surface area (TPSA) is 66.8 Å². The highest BCUT2D eigenvalue weighted by molar-refractivity contribution is 5.99. The minimum absolute atomic E-state index is 0.212. The molecule has 0 amide bonds. The average molecular weight is 532 g/mol. The summed E-state index contributed by atoms with van der Waals surface area (Å²) in [5.41, 5.74) is 4.87. The molecule has 0 radical (unpaired) electrons. The van der Waals surface area contributed by atoms with Crippen molar-refractivity contribution in [2.75, 3.05) is 14.2 Å². The Hall–Kier alpha value is -3.28. The Labute approximate surface area is 231 Å². The Morgan fingerprint density at radius 3 is 2.41 bits per heavy atom. The molecule has 1 aliphatic heterocycles. The third-order valence-electron chi connectivity index (χ3n) is 8.60. The van der Waals surface area contributed by atoms with Crippen LogP contribution in [0.2, 0.25) is 0 Å². The molecule has 1 aromatic heterocycles. The van der Waals surface area contributed by atoms with Crippen molar-refractivity contribution < 1.29 is 23.8 Å². The summed E-state index contributed by atoms with van der Waals surface area (Å²) in [5.74, 6) is 0.648. The SMILES string of the molecule is CCC1(C(=O)OC)Cc2cc(OC)ccc2-c2c(C3CCCCC3)c3ccc(C(=O)OC(C)(C)C)cc3n2C1. The molecule has 1 saturated carbocycles. The number of nitrogens with zero attached hydrogens (tertiary/aromatic N) is 1. The standard InChI is InChI=1S/C33H41NO5/c1-7-33(31(36)38-6)19-23-17-24(37-5)14-16-25(23)29-28(21-11-9-8-10-12-21)26-15-13-22(18-27(26)34(29)20-33)30(35)39-32(2,3)4/h13-18,21H,7-12,19-20H2,1-6H3. The minimum Gasteiger partial charge on any atom is -0.497 e. The van der Waals surface area contributed by atoms with Crippen molar-refractivity contribution in [2.45, 2.75) is 90.7 Å². The normalized spacial score (nSPS) is 19.6. The van der Waals surface area contributed by atoms with Gasteiger partial charge in [0.2, 0.25) is 0 Å². The number of carbonyl (C=O) groups excluding carboxylic acids is 2. The van der Waals surface area contributed by atoms with Gasteiger partial charge in [0.25, 0.3) is 0 Å². The first-order valence-electron chi connectivity index (χ1n) is 14.3. The fraction of sp³-hybridized carbons (Fsp3) is 0.515. The molecule has 0 saturated heterocycles. The van der Waals surface area contributed by atoms with Gasteiger partial charge in [0.1, 0.15) is 11.4 Å². The molecule has 1 unspecified atom stereocenters. The lowest BCUT2D eigenvalue weighted by Gasteiger charge is -2.29. The van der Waals surface area contributed by atoms with E-state index in [1.54, 1.807) is 7.11 Å². The van der Waals surface area contributed by atoms with Gasteiger partial charge in [-0.1, -0.05) is 32.3 Å². The van der Waals surface area contributed by atoms with Crippen LogP contribution in [0, 0.1) is 5.41 Å². The van der Waals surface area contributed by atoms with E-state index in [0.717, 1.165) is 46.3 Å². The van der Waals surface area contributed by atoms with Gasteiger partial charge in [0.05, 0.1) is 30.9 Å². The van der Waals surface area contributed by atoms with Gasteiger partial charge in [-0.15, -0.1) is 0 Å².